The number of likely N-dealkylation sites (tertiary alicyclic amines) is 1. The van der Waals surface area contributed by atoms with Gasteiger partial charge < -0.3 is 9.42 Å². The maximum Gasteiger partial charge on any atom is 0.246 e. The lowest BCUT2D eigenvalue weighted by molar-refractivity contribution is -0.146. The summed E-state index contributed by atoms with van der Waals surface area (Å²) in [6.07, 6.45) is 5.81. The molecular formula is C40H60N4O9S2. The lowest BCUT2D eigenvalue weighted by Gasteiger charge is -2.37. The molecule has 1 aromatic heterocycles. The predicted octanol–water partition coefficient (Wildman–Crippen LogP) is 5.16. The van der Waals surface area contributed by atoms with Crippen LogP contribution < -0.4 is 9.44 Å². The number of aryl methyl sites for hydroxylation is 2. The van der Waals surface area contributed by atoms with Crippen LogP contribution in [-0.2, 0) is 39.2 Å². The van der Waals surface area contributed by atoms with Crippen molar-refractivity contribution < 1.29 is 40.5 Å². The highest BCUT2D eigenvalue weighted by molar-refractivity contribution is 7.91. The molecular weight excluding hydrogens is 745 g/mol. The first-order chi connectivity index (χ1) is 25.1. The van der Waals surface area contributed by atoms with Crippen molar-refractivity contribution in [3.8, 4) is 0 Å². The third-order valence-electron chi connectivity index (χ3n) is 14.5. The average Bonchev–Trinajstić information content (AvgIpc) is 3.97. The third-order valence-corrected chi connectivity index (χ3v) is 18.0. The largest absolute Gasteiger partial charge is 0.360 e. The number of carbonyl (C=O) groups excluding carboxylic acids is 4. The summed E-state index contributed by atoms with van der Waals surface area (Å²) in [7, 11) is -8.10. The van der Waals surface area contributed by atoms with Crippen LogP contribution in [0, 0.1) is 58.2 Å². The van der Waals surface area contributed by atoms with Gasteiger partial charge in [-0.05, 0) is 80.0 Å². The predicted molar refractivity (Wildman–Crippen MR) is 205 cm³/mol. The minimum atomic E-state index is -4.25. The van der Waals surface area contributed by atoms with Gasteiger partial charge in [-0.15, -0.1) is 6.58 Å². The Hall–Kier alpha value is -2.91. The van der Waals surface area contributed by atoms with E-state index >= 15 is 4.79 Å². The van der Waals surface area contributed by atoms with Crippen LogP contribution in [0.15, 0.2) is 22.1 Å². The molecule has 4 saturated carbocycles. The monoisotopic (exact) mass is 804 g/mol. The molecule has 5 fully saturated rings. The second-order valence-corrected chi connectivity index (χ2v) is 23.6. The molecule has 1 saturated heterocycles. The third kappa shape index (κ3) is 6.65. The van der Waals surface area contributed by atoms with E-state index in [2.05, 4.69) is 35.0 Å². The number of nitrogens with zero attached hydrogens (tertiary/aromatic N) is 2. The number of allylic oxidation sites excluding steroid dienone is 1. The number of sulfonamides is 2. The Morgan fingerprint density at radius 2 is 1.60 bits per heavy atom. The highest BCUT2D eigenvalue weighted by Gasteiger charge is 2.85. The fourth-order valence-electron chi connectivity index (χ4n) is 10.5. The Morgan fingerprint density at radius 3 is 2.04 bits per heavy atom. The van der Waals surface area contributed by atoms with Gasteiger partial charge in [0.15, 0.2) is 17.3 Å². The van der Waals surface area contributed by atoms with E-state index in [-0.39, 0.29) is 69.5 Å². The number of fused-ring (bicyclic) bond motifs is 1. The van der Waals surface area contributed by atoms with Crippen molar-refractivity contribution in [2.45, 2.75) is 149 Å². The molecule has 0 bridgehead atoms. The van der Waals surface area contributed by atoms with Gasteiger partial charge in [-0.25, -0.2) is 16.8 Å². The average molecular weight is 805 g/mol. The van der Waals surface area contributed by atoms with Crippen LogP contribution in [0.1, 0.15) is 125 Å². The van der Waals surface area contributed by atoms with Gasteiger partial charge >= 0.3 is 0 Å². The van der Waals surface area contributed by atoms with E-state index in [1.807, 2.05) is 20.8 Å². The summed E-state index contributed by atoms with van der Waals surface area (Å²) in [4.78, 5) is 59.4. The van der Waals surface area contributed by atoms with Crippen molar-refractivity contribution in [2.75, 3.05) is 6.54 Å². The molecule has 2 N–H and O–H groups in total. The number of ketones is 2. The van der Waals surface area contributed by atoms with E-state index < -0.39 is 71.2 Å². The second-order valence-electron chi connectivity index (χ2n) is 20.0. The first kappa shape index (κ1) is 41.7. The van der Waals surface area contributed by atoms with Crippen molar-refractivity contribution in [1.82, 2.24) is 19.5 Å². The molecule has 1 aliphatic heterocycles. The van der Waals surface area contributed by atoms with Gasteiger partial charge in [-0.1, -0.05) is 73.0 Å². The number of aromatic nitrogens is 1. The van der Waals surface area contributed by atoms with Crippen LogP contribution in [0.3, 0.4) is 0 Å². The number of Topliss-reactive ketones (excluding diaryl/α,β-unsaturated/α-hetero) is 2. The number of rotatable bonds is 14. The standard InChI is InChI=1S/C40H60N4O9S2/c1-12-25-19-38(25,34(48)43-54(49,50)26-14-15-26)21-30(46)28-20-40(37(10,11)39(40)16-13-17-39)22-44(28)33(47)27(35(4,5)6)18-29(45)32(36(7,8)9)42-55(51,52)31-23(2)41-53-24(31)3/h12,25-28,32,42H,1,13-22H2,2-11H3,(H,43,48)/t25-,27-,28+,32-,38-,40-/m1/s1. The summed E-state index contributed by atoms with van der Waals surface area (Å²) < 4.78 is 62.9. The molecule has 1 aromatic rings. The van der Waals surface area contributed by atoms with E-state index in [0.29, 0.717) is 25.8 Å². The molecule has 6 rings (SSSR count). The van der Waals surface area contributed by atoms with Gasteiger partial charge in [0.25, 0.3) is 0 Å². The molecule has 2 spiro atoms. The normalized spacial score (nSPS) is 29.4. The van der Waals surface area contributed by atoms with Crippen molar-refractivity contribution in [3.05, 3.63) is 24.1 Å². The van der Waals surface area contributed by atoms with Crippen molar-refractivity contribution >= 4 is 43.4 Å². The molecule has 306 valence electrons. The highest BCUT2D eigenvalue weighted by Crippen LogP contribution is 2.88. The van der Waals surface area contributed by atoms with Gasteiger partial charge in [0, 0.05) is 30.7 Å². The quantitative estimate of drug-likeness (QED) is 0.238. The smallest absolute Gasteiger partial charge is 0.246 e. The van der Waals surface area contributed by atoms with Crippen LogP contribution >= 0.6 is 0 Å². The molecule has 2 heterocycles. The summed E-state index contributed by atoms with van der Waals surface area (Å²) in [5, 5.41) is 3.17. The van der Waals surface area contributed by atoms with E-state index in [4.69, 9.17) is 4.52 Å². The maximum atomic E-state index is 15.1. The Balaban J connectivity index is 1.30. The number of hydrogen-bond donors (Lipinski definition) is 2. The van der Waals surface area contributed by atoms with Crippen LogP contribution in [0.25, 0.3) is 0 Å². The van der Waals surface area contributed by atoms with Crippen molar-refractivity contribution in [1.29, 1.82) is 0 Å². The molecule has 15 heteroatoms. The zero-order valence-electron chi connectivity index (χ0n) is 34.1. The van der Waals surface area contributed by atoms with Crippen molar-refractivity contribution in [2.24, 2.45) is 44.3 Å². The lowest BCUT2D eigenvalue weighted by Crippen LogP contribution is -2.52. The molecule has 4 aliphatic carbocycles. The summed E-state index contributed by atoms with van der Waals surface area (Å²) in [6.45, 7) is 22.4. The van der Waals surface area contributed by atoms with Gasteiger partial charge in [-0.3, -0.25) is 23.9 Å². The molecule has 0 unspecified atom stereocenters. The SMILES string of the molecule is C=C[C@@H]1C[C@]1(CC(=O)[C@@H]1C[C@@]2(CN1C(=O)[C@@H](CC(=O)[C@@H](NS(=O)(=O)c1c(C)noc1C)C(C)(C)C)C(C)(C)C)C(C)(C)C21CCC1)C(=O)NS(=O)(=O)C1CC1. The fourth-order valence-corrected chi connectivity index (χ4v) is 13.6. The summed E-state index contributed by atoms with van der Waals surface area (Å²) in [5.41, 5.74) is -3.26. The van der Waals surface area contributed by atoms with Gasteiger partial charge in [0.2, 0.25) is 31.9 Å². The van der Waals surface area contributed by atoms with Crippen LogP contribution in [-0.4, -0.2) is 74.2 Å². The number of hydrogen-bond acceptors (Lipinski definition) is 10. The summed E-state index contributed by atoms with van der Waals surface area (Å²) >= 11 is 0. The molecule has 5 aliphatic rings. The van der Waals surface area contributed by atoms with Crippen LogP contribution in [0.2, 0.25) is 0 Å². The maximum absolute atomic E-state index is 15.1. The van der Waals surface area contributed by atoms with E-state index in [1.165, 1.54) is 13.8 Å². The van der Waals surface area contributed by atoms with E-state index in [0.717, 1.165) is 19.3 Å². The van der Waals surface area contributed by atoms with Gasteiger partial charge in [0.1, 0.15) is 10.6 Å². The lowest BCUT2D eigenvalue weighted by atomic mass is 9.73. The van der Waals surface area contributed by atoms with E-state index in [1.54, 1.807) is 31.7 Å². The zero-order valence-corrected chi connectivity index (χ0v) is 35.8. The number of amides is 2. The van der Waals surface area contributed by atoms with Gasteiger partial charge in [0.05, 0.1) is 22.7 Å². The minimum Gasteiger partial charge on any atom is -0.360 e. The summed E-state index contributed by atoms with van der Waals surface area (Å²) in [6, 6.07) is -2.08. The second kappa shape index (κ2) is 13.1. The molecule has 55 heavy (non-hydrogen) atoms. The zero-order chi connectivity index (χ0) is 41.1. The Bertz CT molecular complexity index is 2010. The first-order valence-electron chi connectivity index (χ1n) is 19.6. The Morgan fingerprint density at radius 1 is 0.982 bits per heavy atom. The minimum absolute atomic E-state index is 0.0228. The topological polar surface area (TPSA) is 190 Å². The fraction of sp³-hybridized carbons (Fsp3) is 0.775. The Kier molecular flexibility index (Phi) is 9.90. The van der Waals surface area contributed by atoms with Crippen LogP contribution in [0.4, 0.5) is 0 Å². The molecule has 0 aromatic carbocycles. The summed E-state index contributed by atoms with van der Waals surface area (Å²) in [5.74, 6) is -3.03. The number of carbonyl (C=O) groups is 4. The molecule has 13 nitrogen and oxygen atoms in total. The molecule has 6 atom stereocenters. The molecule has 2 amide bonds. The number of nitrogens with one attached hydrogen (secondary N) is 2. The van der Waals surface area contributed by atoms with E-state index in [9.17, 15) is 31.2 Å². The first-order valence-corrected chi connectivity index (χ1v) is 22.7. The highest BCUT2D eigenvalue weighted by atomic mass is 32.2. The van der Waals surface area contributed by atoms with Crippen LogP contribution in [0.5, 0.6) is 0 Å². The van der Waals surface area contributed by atoms with Gasteiger partial charge in [-0.2, -0.15) is 4.72 Å². The Labute approximate surface area is 326 Å². The molecule has 0 radical (unpaired) electrons. The van der Waals surface area contributed by atoms with Crippen molar-refractivity contribution in [3.63, 3.8) is 0 Å².